The van der Waals surface area contributed by atoms with Crippen LogP contribution in [0.4, 0.5) is 0 Å². The van der Waals surface area contributed by atoms with Crippen molar-refractivity contribution in [2.24, 2.45) is 5.10 Å². The Morgan fingerprint density at radius 3 is 2.94 bits per heavy atom. The Bertz CT molecular complexity index is 441. The van der Waals surface area contributed by atoms with Gasteiger partial charge in [0.25, 0.3) is 0 Å². The predicted octanol–water partition coefficient (Wildman–Crippen LogP) is 0.956. The lowest BCUT2D eigenvalue weighted by Crippen LogP contribution is -2.33. The summed E-state index contributed by atoms with van der Waals surface area (Å²) in [5.74, 6) is 0.504. The first-order valence-electron chi connectivity index (χ1n) is 5.12. The molecular formula is C11H14N4O. The van der Waals surface area contributed by atoms with Crippen molar-refractivity contribution >= 4 is 11.7 Å². The molecule has 5 heteroatoms. The Morgan fingerprint density at radius 2 is 2.25 bits per heavy atom. The van der Waals surface area contributed by atoms with Crippen molar-refractivity contribution in [1.82, 2.24) is 10.3 Å². The van der Waals surface area contributed by atoms with E-state index >= 15 is 0 Å². The van der Waals surface area contributed by atoms with Gasteiger partial charge in [0.15, 0.2) is 0 Å². The number of phenols is 1. The molecule has 0 fully saturated rings. The Kier molecular flexibility index (Phi) is 2.76. The molecule has 1 heterocycles. The second-order valence-electron chi connectivity index (χ2n) is 3.54. The van der Waals surface area contributed by atoms with Crippen LogP contribution in [0.25, 0.3) is 0 Å². The fourth-order valence-electron chi connectivity index (χ4n) is 1.65. The van der Waals surface area contributed by atoms with Gasteiger partial charge in [-0.3, -0.25) is 5.41 Å². The van der Waals surface area contributed by atoms with Crippen LogP contribution in [-0.4, -0.2) is 35.4 Å². The molecule has 3 N–H and O–H groups in total. The number of hydrogen-bond donors (Lipinski definition) is 3. The van der Waals surface area contributed by atoms with Gasteiger partial charge < -0.3 is 10.4 Å². The molecule has 0 saturated heterocycles. The maximum absolute atomic E-state index is 9.68. The molecule has 84 valence electrons. The van der Waals surface area contributed by atoms with Gasteiger partial charge in [0.2, 0.25) is 5.96 Å². The van der Waals surface area contributed by atoms with Gasteiger partial charge >= 0.3 is 0 Å². The van der Waals surface area contributed by atoms with Crippen LogP contribution in [-0.2, 0) is 0 Å². The molecule has 1 aliphatic rings. The topological polar surface area (TPSA) is 71.7 Å². The van der Waals surface area contributed by atoms with Gasteiger partial charge in [0.1, 0.15) is 5.75 Å². The van der Waals surface area contributed by atoms with E-state index in [4.69, 9.17) is 5.41 Å². The number of phenolic OH excluding ortho intramolecular Hbond substituents is 1. The Balaban J connectivity index is 2.25. The molecule has 2 rings (SSSR count). The van der Waals surface area contributed by atoms with E-state index in [0.29, 0.717) is 6.54 Å². The van der Waals surface area contributed by atoms with E-state index in [-0.39, 0.29) is 11.7 Å². The van der Waals surface area contributed by atoms with Gasteiger partial charge in [0.05, 0.1) is 12.3 Å². The third kappa shape index (κ3) is 1.84. The summed E-state index contributed by atoms with van der Waals surface area (Å²) in [5.41, 5.74) is 1.56. The van der Waals surface area contributed by atoms with Crippen molar-refractivity contribution in [2.45, 2.75) is 6.42 Å². The smallest absolute Gasteiger partial charge is 0.211 e. The molecule has 0 unspecified atom stereocenters. The zero-order chi connectivity index (χ0) is 11.5. The fourth-order valence-corrected chi connectivity index (χ4v) is 1.65. The van der Waals surface area contributed by atoms with Crippen molar-refractivity contribution in [2.75, 3.05) is 13.6 Å². The zero-order valence-corrected chi connectivity index (χ0v) is 9.07. The molecule has 1 aromatic carbocycles. The Hall–Kier alpha value is -2.04. The lowest BCUT2D eigenvalue weighted by Gasteiger charge is -2.12. The molecule has 0 radical (unpaired) electrons. The number of hydrazone groups is 1. The first kappa shape index (κ1) is 10.5. The number of rotatable bonds is 1. The zero-order valence-electron chi connectivity index (χ0n) is 9.07. The number of nitrogens with zero attached hydrogens (tertiary/aromatic N) is 2. The molecule has 0 aromatic heterocycles. The first-order chi connectivity index (χ1) is 7.72. The van der Waals surface area contributed by atoms with Gasteiger partial charge in [-0.1, -0.05) is 12.1 Å². The third-order valence-corrected chi connectivity index (χ3v) is 2.51. The molecule has 0 saturated carbocycles. The number of aromatic hydroxyl groups is 1. The maximum Gasteiger partial charge on any atom is 0.211 e. The third-order valence-electron chi connectivity index (χ3n) is 2.51. The van der Waals surface area contributed by atoms with Crippen LogP contribution in [0.1, 0.15) is 12.0 Å². The number of para-hydroxylation sites is 1. The van der Waals surface area contributed by atoms with Crippen LogP contribution in [0, 0.1) is 5.41 Å². The monoisotopic (exact) mass is 218 g/mol. The van der Waals surface area contributed by atoms with Crippen molar-refractivity contribution in [3.8, 4) is 5.75 Å². The number of nitrogens with one attached hydrogen (secondary N) is 2. The molecule has 16 heavy (non-hydrogen) atoms. The molecule has 5 nitrogen and oxygen atoms in total. The standard InChI is InChI=1S/C11H14N4O/c1-13-11(12)15-7-6-9(14-15)8-4-2-3-5-10(8)16/h2-5,16H,6-7H2,1H3,(H2,12,13). The Labute approximate surface area is 93.9 Å². The van der Waals surface area contributed by atoms with Crippen LogP contribution in [0.15, 0.2) is 29.4 Å². The van der Waals surface area contributed by atoms with Gasteiger partial charge in [-0.2, -0.15) is 5.10 Å². The fraction of sp³-hybridized carbons (Fsp3) is 0.273. The largest absolute Gasteiger partial charge is 0.507 e. The summed E-state index contributed by atoms with van der Waals surface area (Å²) >= 11 is 0. The van der Waals surface area contributed by atoms with E-state index in [1.54, 1.807) is 24.2 Å². The van der Waals surface area contributed by atoms with E-state index in [1.165, 1.54) is 0 Å². The number of hydrogen-bond acceptors (Lipinski definition) is 3. The number of guanidine groups is 1. The van der Waals surface area contributed by atoms with E-state index in [0.717, 1.165) is 17.7 Å². The maximum atomic E-state index is 9.68. The first-order valence-corrected chi connectivity index (χ1v) is 5.12. The minimum Gasteiger partial charge on any atom is -0.507 e. The molecular weight excluding hydrogens is 204 g/mol. The van der Waals surface area contributed by atoms with Crippen LogP contribution < -0.4 is 5.32 Å². The summed E-state index contributed by atoms with van der Waals surface area (Å²) in [6.07, 6.45) is 0.738. The van der Waals surface area contributed by atoms with E-state index in [1.807, 2.05) is 12.1 Å². The summed E-state index contributed by atoms with van der Waals surface area (Å²) in [5, 5.41) is 25.9. The van der Waals surface area contributed by atoms with Crippen LogP contribution in [0.3, 0.4) is 0 Å². The molecule has 0 amide bonds. The quantitative estimate of drug-likeness (QED) is 0.485. The predicted molar refractivity (Wildman–Crippen MR) is 62.8 cm³/mol. The highest BCUT2D eigenvalue weighted by molar-refractivity contribution is 6.04. The van der Waals surface area contributed by atoms with Crippen molar-refractivity contribution in [3.63, 3.8) is 0 Å². The summed E-state index contributed by atoms with van der Waals surface area (Å²) in [6.45, 7) is 0.670. The summed E-state index contributed by atoms with van der Waals surface area (Å²) in [6, 6.07) is 7.12. The molecule has 1 aromatic rings. The Morgan fingerprint density at radius 1 is 1.50 bits per heavy atom. The summed E-state index contributed by atoms with van der Waals surface area (Å²) < 4.78 is 0. The highest BCUT2D eigenvalue weighted by Crippen LogP contribution is 2.21. The second-order valence-corrected chi connectivity index (χ2v) is 3.54. The van der Waals surface area contributed by atoms with Gasteiger partial charge in [-0.05, 0) is 12.1 Å². The van der Waals surface area contributed by atoms with Crippen LogP contribution >= 0.6 is 0 Å². The average Bonchev–Trinajstić information content (AvgIpc) is 2.78. The van der Waals surface area contributed by atoms with Crippen molar-refractivity contribution in [3.05, 3.63) is 29.8 Å². The van der Waals surface area contributed by atoms with Crippen molar-refractivity contribution in [1.29, 1.82) is 5.41 Å². The van der Waals surface area contributed by atoms with Gasteiger partial charge in [-0.15, -0.1) is 0 Å². The number of benzene rings is 1. The van der Waals surface area contributed by atoms with Crippen LogP contribution in [0.5, 0.6) is 5.75 Å². The summed E-state index contributed by atoms with van der Waals surface area (Å²) in [7, 11) is 1.69. The molecule has 0 aliphatic carbocycles. The lowest BCUT2D eigenvalue weighted by molar-refractivity contribution is 0.470. The molecule has 1 aliphatic heterocycles. The molecule has 0 bridgehead atoms. The van der Waals surface area contributed by atoms with E-state index in [2.05, 4.69) is 10.4 Å². The van der Waals surface area contributed by atoms with Crippen LogP contribution in [0.2, 0.25) is 0 Å². The van der Waals surface area contributed by atoms with E-state index < -0.39 is 0 Å². The minimum absolute atomic E-state index is 0.235. The minimum atomic E-state index is 0.235. The highest BCUT2D eigenvalue weighted by atomic mass is 16.3. The average molecular weight is 218 g/mol. The lowest BCUT2D eigenvalue weighted by atomic mass is 10.1. The summed E-state index contributed by atoms with van der Waals surface area (Å²) in [4.78, 5) is 0. The SMILES string of the molecule is CNC(=N)N1CCC(c2ccccc2O)=N1. The van der Waals surface area contributed by atoms with E-state index in [9.17, 15) is 5.11 Å². The molecule has 0 atom stereocenters. The van der Waals surface area contributed by atoms with Gasteiger partial charge in [-0.25, -0.2) is 5.01 Å². The van der Waals surface area contributed by atoms with Gasteiger partial charge in [0, 0.05) is 19.0 Å². The second kappa shape index (κ2) is 4.22. The molecule has 0 spiro atoms. The normalized spacial score (nSPS) is 14.8. The van der Waals surface area contributed by atoms with Crippen molar-refractivity contribution < 1.29 is 5.11 Å². The highest BCUT2D eigenvalue weighted by Gasteiger charge is 2.20.